The summed E-state index contributed by atoms with van der Waals surface area (Å²) in [6, 6.07) is 0. The van der Waals surface area contributed by atoms with Crippen molar-refractivity contribution in [2.24, 2.45) is 33.5 Å². The van der Waals surface area contributed by atoms with Crippen molar-refractivity contribution in [3.05, 3.63) is 0 Å². The van der Waals surface area contributed by atoms with E-state index in [1.54, 1.807) is 0 Å². The monoisotopic (exact) mass is 194 g/mol. The van der Waals surface area contributed by atoms with Gasteiger partial charge < -0.3 is 11.5 Å². The van der Waals surface area contributed by atoms with Crippen LogP contribution in [0.2, 0.25) is 0 Å². The van der Waals surface area contributed by atoms with Crippen molar-refractivity contribution < 1.29 is 0 Å². The van der Waals surface area contributed by atoms with Gasteiger partial charge in [-0.25, -0.2) is 0 Å². The highest BCUT2D eigenvalue weighted by Crippen LogP contribution is 2.43. The van der Waals surface area contributed by atoms with E-state index in [0.717, 1.165) is 24.7 Å². The molecule has 2 rings (SSSR count). The molecule has 78 valence electrons. The Labute approximate surface area is 84.5 Å². The Kier molecular flexibility index (Phi) is 2.70. The van der Waals surface area contributed by atoms with Gasteiger partial charge >= 0.3 is 0 Å². The fourth-order valence-corrected chi connectivity index (χ4v) is 2.26. The maximum atomic E-state index is 5.24. The molecule has 0 aromatic carbocycles. The molecule has 2 aliphatic carbocycles. The summed E-state index contributed by atoms with van der Waals surface area (Å²) < 4.78 is 0. The van der Waals surface area contributed by atoms with Crippen LogP contribution >= 0.6 is 0 Å². The summed E-state index contributed by atoms with van der Waals surface area (Å²) >= 11 is 0. The maximum absolute atomic E-state index is 5.24. The number of hydrogen-bond donors (Lipinski definition) is 2. The molecule has 14 heavy (non-hydrogen) atoms. The SMILES string of the molecule is NC(N)=N/N=C1\CCCC(C2CC2)C1. The Morgan fingerprint density at radius 3 is 2.57 bits per heavy atom. The van der Waals surface area contributed by atoms with Crippen LogP contribution in [0.15, 0.2) is 10.2 Å². The third kappa shape index (κ3) is 2.47. The van der Waals surface area contributed by atoms with Gasteiger partial charge in [0.05, 0.1) is 0 Å². The standard InChI is InChI=1S/C10H18N4/c11-10(12)14-13-9-3-1-2-8(6-9)7-4-5-7/h7-8H,1-6H2,(H4,11,12,14)/b13-9+. The van der Waals surface area contributed by atoms with Crippen LogP contribution < -0.4 is 11.5 Å². The molecule has 0 aromatic rings. The van der Waals surface area contributed by atoms with Gasteiger partial charge in [-0.1, -0.05) is 0 Å². The summed E-state index contributed by atoms with van der Waals surface area (Å²) in [6.45, 7) is 0. The first-order chi connectivity index (χ1) is 6.75. The minimum absolute atomic E-state index is 0.0612. The van der Waals surface area contributed by atoms with Crippen LogP contribution in [0.25, 0.3) is 0 Å². The minimum Gasteiger partial charge on any atom is -0.369 e. The van der Waals surface area contributed by atoms with Gasteiger partial charge in [-0.15, -0.1) is 5.10 Å². The van der Waals surface area contributed by atoms with E-state index in [1.807, 2.05) is 0 Å². The van der Waals surface area contributed by atoms with Crippen LogP contribution in [-0.4, -0.2) is 11.7 Å². The van der Waals surface area contributed by atoms with Gasteiger partial charge in [0, 0.05) is 5.71 Å². The zero-order valence-corrected chi connectivity index (χ0v) is 8.45. The predicted molar refractivity (Wildman–Crippen MR) is 57.9 cm³/mol. The van der Waals surface area contributed by atoms with Gasteiger partial charge in [-0.3, -0.25) is 0 Å². The van der Waals surface area contributed by atoms with E-state index in [1.165, 1.54) is 31.4 Å². The quantitative estimate of drug-likeness (QED) is 0.394. The third-order valence-electron chi connectivity index (χ3n) is 3.13. The van der Waals surface area contributed by atoms with Crippen LogP contribution in [0.4, 0.5) is 0 Å². The molecule has 2 fully saturated rings. The van der Waals surface area contributed by atoms with Gasteiger partial charge in [-0.2, -0.15) is 5.10 Å². The second-order valence-electron chi connectivity index (χ2n) is 4.38. The van der Waals surface area contributed by atoms with Gasteiger partial charge in [0.1, 0.15) is 0 Å². The molecule has 4 N–H and O–H groups in total. The van der Waals surface area contributed by atoms with Crippen molar-refractivity contribution in [1.29, 1.82) is 0 Å². The van der Waals surface area contributed by atoms with Crippen molar-refractivity contribution in [1.82, 2.24) is 0 Å². The molecule has 1 unspecified atom stereocenters. The Morgan fingerprint density at radius 1 is 1.14 bits per heavy atom. The summed E-state index contributed by atoms with van der Waals surface area (Å²) in [5.41, 5.74) is 11.7. The van der Waals surface area contributed by atoms with E-state index in [-0.39, 0.29) is 5.96 Å². The number of nitrogens with two attached hydrogens (primary N) is 2. The first-order valence-electron chi connectivity index (χ1n) is 5.40. The molecule has 2 aliphatic rings. The second-order valence-corrected chi connectivity index (χ2v) is 4.38. The first-order valence-corrected chi connectivity index (χ1v) is 5.40. The molecule has 4 nitrogen and oxygen atoms in total. The van der Waals surface area contributed by atoms with Crippen molar-refractivity contribution in [2.75, 3.05) is 0 Å². The number of guanidine groups is 1. The molecule has 0 aliphatic heterocycles. The smallest absolute Gasteiger partial charge is 0.211 e. The van der Waals surface area contributed by atoms with Crippen LogP contribution in [0.1, 0.15) is 38.5 Å². The summed E-state index contributed by atoms with van der Waals surface area (Å²) in [5, 5.41) is 7.82. The summed E-state index contributed by atoms with van der Waals surface area (Å²) in [7, 11) is 0. The lowest BCUT2D eigenvalue weighted by atomic mass is 9.84. The maximum Gasteiger partial charge on any atom is 0.211 e. The molecule has 0 spiro atoms. The van der Waals surface area contributed by atoms with Gasteiger partial charge in [0.2, 0.25) is 5.96 Å². The number of nitrogens with zero attached hydrogens (tertiary/aromatic N) is 2. The van der Waals surface area contributed by atoms with Crippen molar-refractivity contribution >= 4 is 11.7 Å². The molecule has 0 aromatic heterocycles. The number of rotatable bonds is 2. The summed E-state index contributed by atoms with van der Waals surface area (Å²) in [6.07, 6.45) is 7.63. The van der Waals surface area contributed by atoms with E-state index in [9.17, 15) is 0 Å². The second kappa shape index (κ2) is 3.98. The molecular formula is C10H18N4. The molecule has 0 bridgehead atoms. The molecule has 0 radical (unpaired) electrons. The fraction of sp³-hybridized carbons (Fsp3) is 0.800. The highest BCUT2D eigenvalue weighted by molar-refractivity contribution is 5.86. The predicted octanol–water partition coefficient (Wildman–Crippen LogP) is 1.22. The zero-order chi connectivity index (χ0) is 9.97. The summed E-state index contributed by atoms with van der Waals surface area (Å²) in [4.78, 5) is 0. The van der Waals surface area contributed by atoms with Crippen molar-refractivity contribution in [3.63, 3.8) is 0 Å². The molecular weight excluding hydrogens is 176 g/mol. The number of hydrogen-bond acceptors (Lipinski definition) is 2. The Balaban J connectivity index is 1.92. The Hall–Kier alpha value is -1.06. The Morgan fingerprint density at radius 2 is 1.93 bits per heavy atom. The van der Waals surface area contributed by atoms with E-state index < -0.39 is 0 Å². The highest BCUT2D eigenvalue weighted by atomic mass is 15.3. The minimum atomic E-state index is 0.0612. The van der Waals surface area contributed by atoms with E-state index in [4.69, 9.17) is 11.5 Å². The lowest BCUT2D eigenvalue weighted by Crippen LogP contribution is -2.22. The third-order valence-corrected chi connectivity index (χ3v) is 3.13. The van der Waals surface area contributed by atoms with Crippen LogP contribution in [-0.2, 0) is 0 Å². The van der Waals surface area contributed by atoms with Crippen molar-refractivity contribution in [3.8, 4) is 0 Å². The van der Waals surface area contributed by atoms with Gasteiger partial charge in [0.25, 0.3) is 0 Å². The van der Waals surface area contributed by atoms with Crippen molar-refractivity contribution in [2.45, 2.75) is 38.5 Å². The van der Waals surface area contributed by atoms with Gasteiger partial charge in [-0.05, 0) is 50.4 Å². The molecule has 1 atom stereocenters. The average Bonchev–Trinajstić information content (AvgIpc) is 2.98. The average molecular weight is 194 g/mol. The Bertz CT molecular complexity index is 261. The topological polar surface area (TPSA) is 76.8 Å². The van der Waals surface area contributed by atoms with Gasteiger partial charge in [0.15, 0.2) is 0 Å². The van der Waals surface area contributed by atoms with Crippen LogP contribution in [0.3, 0.4) is 0 Å². The zero-order valence-electron chi connectivity index (χ0n) is 8.45. The summed E-state index contributed by atoms with van der Waals surface area (Å²) in [5.74, 6) is 1.89. The van der Waals surface area contributed by atoms with E-state index in [0.29, 0.717) is 0 Å². The van der Waals surface area contributed by atoms with E-state index >= 15 is 0 Å². The molecule has 0 amide bonds. The lowest BCUT2D eigenvalue weighted by molar-refractivity contribution is 0.408. The van der Waals surface area contributed by atoms with Crippen LogP contribution in [0.5, 0.6) is 0 Å². The molecule has 4 heteroatoms. The fourth-order valence-electron chi connectivity index (χ4n) is 2.26. The molecule has 2 saturated carbocycles. The molecule has 0 saturated heterocycles. The first kappa shape index (κ1) is 9.49. The normalized spacial score (nSPS) is 30.3. The molecule has 0 heterocycles. The largest absolute Gasteiger partial charge is 0.369 e. The van der Waals surface area contributed by atoms with E-state index in [2.05, 4.69) is 10.2 Å². The lowest BCUT2D eigenvalue weighted by Gasteiger charge is -2.22. The highest BCUT2D eigenvalue weighted by Gasteiger charge is 2.33. The van der Waals surface area contributed by atoms with Crippen LogP contribution in [0, 0.1) is 11.8 Å².